The van der Waals surface area contributed by atoms with Crippen LogP contribution in [0.25, 0.3) is 0 Å². The molecule has 1 saturated heterocycles. The van der Waals surface area contributed by atoms with Crippen molar-refractivity contribution in [2.75, 3.05) is 43.4 Å². The molecular weight excluding hydrogens is 288 g/mol. The summed E-state index contributed by atoms with van der Waals surface area (Å²) in [7, 11) is 0. The van der Waals surface area contributed by atoms with Gasteiger partial charge in [0.15, 0.2) is 0 Å². The predicted molar refractivity (Wildman–Crippen MR) is 83.9 cm³/mol. The number of alkyl halides is 2. The van der Waals surface area contributed by atoms with E-state index in [0.717, 1.165) is 29.1 Å². The van der Waals surface area contributed by atoms with E-state index in [9.17, 15) is 8.78 Å². The first-order valence-electron chi connectivity index (χ1n) is 7.71. The number of fused-ring (bicyclic) bond motifs is 1. The van der Waals surface area contributed by atoms with Gasteiger partial charge >= 0.3 is 0 Å². The number of rotatable bonds is 3. The molecule has 122 valence electrons. The molecule has 0 spiro atoms. The highest BCUT2D eigenvalue weighted by Crippen LogP contribution is 2.40. The number of nitrogens with zero attached hydrogens (tertiary/aromatic N) is 2. The zero-order valence-corrected chi connectivity index (χ0v) is 13.1. The van der Waals surface area contributed by atoms with Crippen LogP contribution < -0.4 is 15.4 Å². The summed E-state index contributed by atoms with van der Waals surface area (Å²) >= 11 is 0. The Morgan fingerprint density at radius 3 is 2.55 bits per heavy atom. The monoisotopic (exact) mass is 311 g/mol. The minimum atomic E-state index is -2.27. The molecular formula is C16H23F2N3O. The lowest BCUT2D eigenvalue weighted by Gasteiger charge is -2.36. The number of piperazine rings is 1. The van der Waals surface area contributed by atoms with Crippen molar-refractivity contribution in [3.05, 3.63) is 17.7 Å². The number of hydrogen-bond acceptors (Lipinski definition) is 4. The van der Waals surface area contributed by atoms with Crippen molar-refractivity contribution in [1.82, 2.24) is 4.90 Å². The highest BCUT2D eigenvalue weighted by atomic mass is 19.3. The van der Waals surface area contributed by atoms with Crippen molar-refractivity contribution in [2.45, 2.75) is 32.3 Å². The fourth-order valence-electron chi connectivity index (χ4n) is 3.30. The van der Waals surface area contributed by atoms with Gasteiger partial charge in [0.2, 0.25) is 0 Å². The molecule has 0 bridgehead atoms. The number of benzene rings is 1. The van der Waals surface area contributed by atoms with E-state index < -0.39 is 6.43 Å². The van der Waals surface area contributed by atoms with Gasteiger partial charge in [0.25, 0.3) is 6.43 Å². The van der Waals surface area contributed by atoms with Gasteiger partial charge in [-0.15, -0.1) is 0 Å². The summed E-state index contributed by atoms with van der Waals surface area (Å²) in [5.74, 6) is 0.893. The van der Waals surface area contributed by atoms with Gasteiger partial charge in [-0.25, -0.2) is 8.78 Å². The first-order valence-corrected chi connectivity index (χ1v) is 7.71. The van der Waals surface area contributed by atoms with Crippen LogP contribution in [0.3, 0.4) is 0 Å². The molecule has 0 aliphatic carbocycles. The number of anilines is 2. The van der Waals surface area contributed by atoms with Crippen LogP contribution in [-0.2, 0) is 6.42 Å². The van der Waals surface area contributed by atoms with Crippen LogP contribution in [0.5, 0.6) is 5.75 Å². The van der Waals surface area contributed by atoms with Crippen molar-refractivity contribution in [1.29, 1.82) is 0 Å². The van der Waals surface area contributed by atoms with Crippen LogP contribution in [-0.4, -0.2) is 49.7 Å². The molecule has 0 radical (unpaired) electrons. The number of ether oxygens (including phenoxy) is 1. The molecule has 0 atom stereocenters. The van der Waals surface area contributed by atoms with Crippen molar-refractivity contribution in [2.24, 2.45) is 0 Å². The molecule has 1 aromatic carbocycles. The maximum absolute atomic E-state index is 12.4. The summed E-state index contributed by atoms with van der Waals surface area (Å²) in [6.45, 7) is 6.65. The zero-order chi connectivity index (χ0) is 15.9. The lowest BCUT2D eigenvalue weighted by Crippen LogP contribution is -2.48. The molecule has 2 aliphatic heterocycles. The molecule has 0 unspecified atom stereocenters. The van der Waals surface area contributed by atoms with Crippen molar-refractivity contribution in [3.63, 3.8) is 0 Å². The molecule has 1 fully saturated rings. The Morgan fingerprint density at radius 2 is 1.91 bits per heavy atom. The molecule has 6 heteroatoms. The summed E-state index contributed by atoms with van der Waals surface area (Å²) in [6, 6.07) is 3.99. The van der Waals surface area contributed by atoms with E-state index in [1.54, 1.807) is 4.90 Å². The Morgan fingerprint density at radius 1 is 1.23 bits per heavy atom. The average molecular weight is 311 g/mol. The zero-order valence-electron chi connectivity index (χ0n) is 13.1. The molecule has 0 amide bonds. The van der Waals surface area contributed by atoms with Crippen LogP contribution in [0, 0.1) is 0 Å². The molecule has 22 heavy (non-hydrogen) atoms. The van der Waals surface area contributed by atoms with E-state index in [0.29, 0.717) is 26.2 Å². The number of hydrogen-bond donors (Lipinski definition) is 1. The second-order valence-corrected chi connectivity index (χ2v) is 6.74. The van der Waals surface area contributed by atoms with Crippen molar-refractivity contribution < 1.29 is 13.5 Å². The highest BCUT2D eigenvalue weighted by Gasteiger charge is 2.31. The highest BCUT2D eigenvalue weighted by molar-refractivity contribution is 5.72. The van der Waals surface area contributed by atoms with Gasteiger partial charge in [0, 0.05) is 44.2 Å². The van der Waals surface area contributed by atoms with Crippen molar-refractivity contribution in [3.8, 4) is 5.75 Å². The quantitative estimate of drug-likeness (QED) is 0.870. The number of halogens is 2. The van der Waals surface area contributed by atoms with Crippen LogP contribution in [0.1, 0.15) is 19.4 Å². The minimum Gasteiger partial charge on any atom is -0.487 e. The summed E-state index contributed by atoms with van der Waals surface area (Å²) in [4.78, 5) is 3.95. The standard InChI is InChI=1S/C16H23F2N3O/c1-16(2)9-11-7-12(19)13(8-14(11)22-16)21-5-3-20(4-6-21)10-15(17)18/h7-8,15H,3-6,9-10,19H2,1-2H3. The fourth-order valence-corrected chi connectivity index (χ4v) is 3.30. The van der Waals surface area contributed by atoms with E-state index in [1.165, 1.54) is 0 Å². The van der Waals surface area contributed by atoms with Gasteiger partial charge in [-0.2, -0.15) is 0 Å². The molecule has 0 aromatic heterocycles. The molecule has 2 N–H and O–H groups in total. The molecule has 1 aromatic rings. The Hall–Kier alpha value is -1.56. The van der Waals surface area contributed by atoms with Gasteiger partial charge in [-0.05, 0) is 19.9 Å². The molecule has 0 saturated carbocycles. The minimum absolute atomic E-state index is 0.148. The maximum Gasteiger partial charge on any atom is 0.251 e. The number of nitrogens with two attached hydrogens (primary N) is 1. The van der Waals surface area contributed by atoms with Gasteiger partial charge < -0.3 is 15.4 Å². The summed E-state index contributed by atoms with van der Waals surface area (Å²) in [6.07, 6.45) is -1.41. The Labute approximate surface area is 129 Å². The Kier molecular flexibility index (Phi) is 3.89. The second kappa shape index (κ2) is 5.57. The first kappa shape index (κ1) is 15.3. The molecule has 4 nitrogen and oxygen atoms in total. The molecule has 2 aliphatic rings. The van der Waals surface area contributed by atoms with Crippen LogP contribution in [0.15, 0.2) is 12.1 Å². The summed E-state index contributed by atoms with van der Waals surface area (Å²) < 4.78 is 30.8. The Balaban J connectivity index is 1.72. The van der Waals surface area contributed by atoms with E-state index in [1.807, 2.05) is 12.1 Å². The first-order chi connectivity index (χ1) is 10.3. The van der Waals surface area contributed by atoms with Crippen LogP contribution >= 0.6 is 0 Å². The third-order valence-electron chi connectivity index (χ3n) is 4.32. The van der Waals surface area contributed by atoms with E-state index >= 15 is 0 Å². The second-order valence-electron chi connectivity index (χ2n) is 6.74. The molecule has 3 rings (SSSR count). The van der Waals surface area contributed by atoms with Crippen LogP contribution in [0.4, 0.5) is 20.2 Å². The third kappa shape index (κ3) is 3.11. The predicted octanol–water partition coefficient (Wildman–Crippen LogP) is 2.37. The molecule has 2 heterocycles. The topological polar surface area (TPSA) is 41.7 Å². The maximum atomic E-state index is 12.4. The third-order valence-corrected chi connectivity index (χ3v) is 4.32. The number of nitrogen functional groups attached to an aromatic ring is 1. The SMILES string of the molecule is CC1(C)Cc2cc(N)c(N3CCN(CC(F)F)CC3)cc2O1. The van der Waals surface area contributed by atoms with Crippen molar-refractivity contribution >= 4 is 11.4 Å². The smallest absolute Gasteiger partial charge is 0.251 e. The normalized spacial score (nSPS) is 21.0. The lowest BCUT2D eigenvalue weighted by molar-refractivity contribution is 0.0854. The van der Waals surface area contributed by atoms with E-state index in [-0.39, 0.29) is 12.1 Å². The lowest BCUT2D eigenvalue weighted by atomic mass is 10.0. The van der Waals surface area contributed by atoms with Gasteiger partial charge in [-0.3, -0.25) is 4.90 Å². The Bertz CT molecular complexity index is 555. The largest absolute Gasteiger partial charge is 0.487 e. The van der Waals surface area contributed by atoms with Gasteiger partial charge in [-0.1, -0.05) is 0 Å². The fraction of sp³-hybridized carbons (Fsp3) is 0.625. The van der Waals surface area contributed by atoms with E-state index in [4.69, 9.17) is 10.5 Å². The van der Waals surface area contributed by atoms with E-state index in [2.05, 4.69) is 18.7 Å². The average Bonchev–Trinajstić information content (AvgIpc) is 2.71. The van der Waals surface area contributed by atoms with Gasteiger partial charge in [0.05, 0.1) is 17.9 Å². The van der Waals surface area contributed by atoms with Gasteiger partial charge in [0.1, 0.15) is 11.4 Å². The van der Waals surface area contributed by atoms with Crippen LogP contribution in [0.2, 0.25) is 0 Å². The summed E-state index contributed by atoms with van der Waals surface area (Å²) in [5.41, 5.74) is 8.84. The summed E-state index contributed by atoms with van der Waals surface area (Å²) in [5, 5.41) is 0.